The average molecular weight is 386 g/mol. The van der Waals surface area contributed by atoms with Gasteiger partial charge in [-0.2, -0.15) is 0 Å². The molecule has 0 bridgehead atoms. The lowest BCUT2D eigenvalue weighted by atomic mass is 10.2. The van der Waals surface area contributed by atoms with E-state index in [1.807, 2.05) is 0 Å². The number of phenols is 1. The van der Waals surface area contributed by atoms with Crippen LogP contribution in [0.15, 0.2) is 47.4 Å². The number of nitrogens with zero attached hydrogens (tertiary/aromatic N) is 1. The Morgan fingerprint density at radius 3 is 2.33 bits per heavy atom. The van der Waals surface area contributed by atoms with Gasteiger partial charge in [0, 0.05) is 5.39 Å². The van der Waals surface area contributed by atoms with Crippen molar-refractivity contribution >= 4 is 50.1 Å². The van der Waals surface area contributed by atoms with Gasteiger partial charge in [0.25, 0.3) is 10.0 Å². The van der Waals surface area contributed by atoms with Crippen LogP contribution in [0.1, 0.15) is 10.5 Å². The summed E-state index contributed by atoms with van der Waals surface area (Å²) in [5.74, 6) is -1.53. The van der Waals surface area contributed by atoms with Crippen LogP contribution in [0, 0.1) is 0 Å². The molecule has 0 saturated heterocycles. The predicted molar refractivity (Wildman–Crippen MR) is 89.6 cm³/mol. The number of carboxylic acids is 1. The van der Waals surface area contributed by atoms with Gasteiger partial charge < -0.3 is 10.2 Å². The van der Waals surface area contributed by atoms with E-state index in [1.54, 1.807) is 0 Å². The molecule has 0 aliphatic carbocycles. The highest BCUT2D eigenvalue weighted by Gasteiger charge is 2.26. The number of aromatic nitrogens is 1. The van der Waals surface area contributed by atoms with E-state index >= 15 is 0 Å². The molecule has 0 radical (unpaired) electrons. The molecule has 1 heterocycles. The summed E-state index contributed by atoms with van der Waals surface area (Å²) >= 11 is 11.7. The van der Waals surface area contributed by atoms with Crippen LogP contribution in [0.4, 0.5) is 0 Å². The summed E-state index contributed by atoms with van der Waals surface area (Å²) in [6.07, 6.45) is 0. The highest BCUT2D eigenvalue weighted by molar-refractivity contribution is 7.90. The number of hydrogen-bond acceptors (Lipinski definition) is 4. The Labute approximate surface area is 146 Å². The summed E-state index contributed by atoms with van der Waals surface area (Å²) in [5.41, 5.74) is -0.335. The summed E-state index contributed by atoms with van der Waals surface area (Å²) in [6.45, 7) is 0. The molecule has 3 aromatic rings. The molecule has 0 aliphatic rings. The summed E-state index contributed by atoms with van der Waals surface area (Å²) < 4.78 is 26.5. The van der Waals surface area contributed by atoms with Gasteiger partial charge in [-0.25, -0.2) is 17.2 Å². The zero-order chi connectivity index (χ0) is 17.6. The van der Waals surface area contributed by atoms with Gasteiger partial charge in [0.05, 0.1) is 20.5 Å². The first-order valence-electron chi connectivity index (χ1n) is 6.50. The smallest absolute Gasteiger partial charge is 0.353 e. The third-order valence-electron chi connectivity index (χ3n) is 3.39. The van der Waals surface area contributed by atoms with Crippen molar-refractivity contribution in [2.24, 2.45) is 0 Å². The van der Waals surface area contributed by atoms with Crippen molar-refractivity contribution in [3.63, 3.8) is 0 Å². The van der Waals surface area contributed by atoms with Crippen molar-refractivity contribution in [1.29, 1.82) is 0 Å². The normalized spacial score (nSPS) is 11.8. The van der Waals surface area contributed by atoms with E-state index in [0.29, 0.717) is 3.97 Å². The molecular weight excluding hydrogens is 377 g/mol. The third-order valence-corrected chi connectivity index (χ3v) is 5.85. The number of hydrogen-bond donors (Lipinski definition) is 2. The van der Waals surface area contributed by atoms with E-state index in [1.165, 1.54) is 36.4 Å². The van der Waals surface area contributed by atoms with Crippen LogP contribution in [0.3, 0.4) is 0 Å². The lowest BCUT2D eigenvalue weighted by molar-refractivity contribution is 0.0689. The van der Waals surface area contributed by atoms with Gasteiger partial charge in [0.1, 0.15) is 11.4 Å². The fourth-order valence-corrected chi connectivity index (χ4v) is 4.22. The van der Waals surface area contributed by atoms with Gasteiger partial charge in [0.2, 0.25) is 0 Å². The van der Waals surface area contributed by atoms with Crippen molar-refractivity contribution in [1.82, 2.24) is 3.97 Å². The number of benzene rings is 2. The van der Waals surface area contributed by atoms with Gasteiger partial charge in [-0.1, -0.05) is 23.2 Å². The summed E-state index contributed by atoms with van der Waals surface area (Å²) in [4.78, 5) is 11.3. The van der Waals surface area contributed by atoms with Crippen molar-refractivity contribution < 1.29 is 23.4 Å². The Balaban J connectivity index is 2.36. The topological polar surface area (TPSA) is 96.6 Å². The number of phenolic OH excluding ortho intramolecular Hbond substituents is 1. The van der Waals surface area contributed by atoms with E-state index in [4.69, 9.17) is 23.2 Å². The Kier molecular flexibility index (Phi) is 3.95. The first-order chi connectivity index (χ1) is 11.2. The van der Waals surface area contributed by atoms with Crippen LogP contribution < -0.4 is 0 Å². The fourth-order valence-electron chi connectivity index (χ4n) is 2.33. The first-order valence-corrected chi connectivity index (χ1v) is 8.70. The fraction of sp³-hybridized carbons (Fsp3) is 0. The molecule has 0 spiro atoms. The van der Waals surface area contributed by atoms with E-state index in [-0.39, 0.29) is 31.6 Å². The molecule has 2 aromatic carbocycles. The molecule has 2 N–H and O–H groups in total. The highest BCUT2D eigenvalue weighted by Crippen LogP contribution is 2.31. The minimum absolute atomic E-state index is 0.0312. The van der Waals surface area contributed by atoms with Gasteiger partial charge >= 0.3 is 5.97 Å². The number of aromatic hydroxyl groups is 1. The number of fused-ring (bicyclic) bond motifs is 1. The number of aromatic carboxylic acids is 1. The molecule has 0 atom stereocenters. The minimum atomic E-state index is -4.24. The van der Waals surface area contributed by atoms with Crippen molar-refractivity contribution in [2.75, 3.05) is 0 Å². The molecular formula is C15H9Cl2NO5S. The molecule has 3 rings (SSSR count). The molecule has 0 unspecified atom stereocenters. The quantitative estimate of drug-likeness (QED) is 0.717. The number of halogens is 2. The van der Waals surface area contributed by atoms with Crippen LogP contribution in [-0.2, 0) is 10.0 Å². The summed E-state index contributed by atoms with van der Waals surface area (Å²) in [6, 6.07) is 8.75. The Morgan fingerprint density at radius 1 is 1.00 bits per heavy atom. The maximum atomic E-state index is 12.9. The number of carboxylic acid groups (broad SMARTS) is 1. The maximum Gasteiger partial charge on any atom is 0.353 e. The minimum Gasteiger partial charge on any atom is -0.508 e. The highest BCUT2D eigenvalue weighted by atomic mass is 35.5. The monoisotopic (exact) mass is 385 g/mol. The van der Waals surface area contributed by atoms with Crippen molar-refractivity contribution in [3.8, 4) is 5.75 Å². The van der Waals surface area contributed by atoms with Crippen LogP contribution in [0.25, 0.3) is 10.9 Å². The van der Waals surface area contributed by atoms with Crippen LogP contribution in [0.5, 0.6) is 5.75 Å². The lowest BCUT2D eigenvalue weighted by Crippen LogP contribution is -2.18. The Bertz CT molecular complexity index is 1090. The average Bonchev–Trinajstić information content (AvgIpc) is 2.89. The van der Waals surface area contributed by atoms with Crippen LogP contribution >= 0.6 is 23.2 Å². The Hall–Kier alpha value is -2.22. The number of carbonyl (C=O) groups is 1. The third kappa shape index (κ3) is 2.60. The molecule has 24 heavy (non-hydrogen) atoms. The predicted octanol–water partition coefficient (Wildman–Crippen LogP) is 3.59. The van der Waals surface area contributed by atoms with Gasteiger partial charge in [-0.3, -0.25) is 0 Å². The zero-order valence-corrected chi connectivity index (χ0v) is 14.1. The van der Waals surface area contributed by atoms with E-state index in [2.05, 4.69) is 0 Å². The summed E-state index contributed by atoms with van der Waals surface area (Å²) in [7, 11) is -4.24. The second-order valence-electron chi connectivity index (χ2n) is 4.92. The second kappa shape index (κ2) is 5.70. The molecule has 124 valence electrons. The van der Waals surface area contributed by atoms with Gasteiger partial charge in [-0.15, -0.1) is 0 Å². The summed E-state index contributed by atoms with van der Waals surface area (Å²) in [5, 5.41) is 19.4. The van der Waals surface area contributed by atoms with Crippen LogP contribution in [-0.4, -0.2) is 28.6 Å². The standard InChI is InChI=1S/C15H9Cl2NO5S/c16-11-3-2-10(7-12(11)17)24(22,23)18-13-4-1-9(19)5-8(13)6-14(18)15(20)21/h1-7,19H,(H,20,21). The Morgan fingerprint density at radius 2 is 1.71 bits per heavy atom. The van der Waals surface area contributed by atoms with Gasteiger partial charge in [0.15, 0.2) is 0 Å². The molecule has 0 fully saturated rings. The number of rotatable bonds is 3. The maximum absolute atomic E-state index is 12.9. The van der Waals surface area contributed by atoms with E-state index in [9.17, 15) is 23.4 Å². The molecule has 9 heteroatoms. The zero-order valence-electron chi connectivity index (χ0n) is 11.8. The molecule has 0 amide bonds. The van der Waals surface area contributed by atoms with Gasteiger partial charge in [-0.05, 0) is 42.5 Å². The molecule has 0 saturated carbocycles. The molecule has 6 nitrogen and oxygen atoms in total. The van der Waals surface area contributed by atoms with Crippen molar-refractivity contribution in [3.05, 3.63) is 58.2 Å². The van der Waals surface area contributed by atoms with E-state index < -0.39 is 21.7 Å². The molecule has 1 aromatic heterocycles. The SMILES string of the molecule is O=C(O)c1cc2cc(O)ccc2n1S(=O)(=O)c1ccc(Cl)c(Cl)c1. The van der Waals surface area contributed by atoms with Crippen LogP contribution in [0.2, 0.25) is 10.0 Å². The molecule has 0 aliphatic heterocycles. The van der Waals surface area contributed by atoms with E-state index in [0.717, 1.165) is 6.07 Å². The lowest BCUT2D eigenvalue weighted by Gasteiger charge is -2.10. The van der Waals surface area contributed by atoms with Crippen molar-refractivity contribution in [2.45, 2.75) is 4.90 Å². The second-order valence-corrected chi connectivity index (χ2v) is 7.52. The first kappa shape index (κ1) is 16.6. The largest absolute Gasteiger partial charge is 0.508 e.